The highest BCUT2D eigenvalue weighted by molar-refractivity contribution is 5.45. The summed E-state index contributed by atoms with van der Waals surface area (Å²) in [5.41, 5.74) is 3.44. The first-order valence-electron chi connectivity index (χ1n) is 8.98. The molecule has 2 aromatic heterocycles. The van der Waals surface area contributed by atoms with Gasteiger partial charge in [0.05, 0.1) is 6.04 Å². The summed E-state index contributed by atoms with van der Waals surface area (Å²) in [6.07, 6.45) is 1.12. The molecule has 25 heavy (non-hydrogen) atoms. The van der Waals surface area contributed by atoms with Crippen molar-refractivity contribution in [3.8, 4) is 0 Å². The Bertz CT molecular complexity index is 833. The summed E-state index contributed by atoms with van der Waals surface area (Å²) in [6.45, 7) is 10.9. The lowest BCUT2D eigenvalue weighted by Crippen LogP contribution is -2.18. The normalized spacial score (nSPS) is 12.9. The lowest BCUT2D eigenvalue weighted by molar-refractivity contribution is 0.543. The predicted molar refractivity (Wildman–Crippen MR) is 102 cm³/mol. The lowest BCUT2D eigenvalue weighted by atomic mass is 9.94. The van der Waals surface area contributed by atoms with Crippen LogP contribution < -0.4 is 5.32 Å². The Hall–Kier alpha value is -2.43. The first-order valence-corrected chi connectivity index (χ1v) is 8.98. The fourth-order valence-electron chi connectivity index (χ4n) is 3.10. The van der Waals surface area contributed by atoms with Gasteiger partial charge in [0, 0.05) is 0 Å². The van der Waals surface area contributed by atoms with Gasteiger partial charge in [0.1, 0.15) is 5.82 Å². The van der Waals surface area contributed by atoms with Crippen molar-refractivity contribution in [3.63, 3.8) is 0 Å². The van der Waals surface area contributed by atoms with Gasteiger partial charge in [-0.1, -0.05) is 52.0 Å². The molecule has 0 saturated carbocycles. The Kier molecular flexibility index (Phi) is 5.02. The summed E-state index contributed by atoms with van der Waals surface area (Å²) in [6, 6.07) is 13.1. The van der Waals surface area contributed by atoms with Crippen LogP contribution in [0.1, 0.15) is 50.7 Å². The number of aryl methyl sites for hydroxylation is 1. The van der Waals surface area contributed by atoms with Gasteiger partial charge >= 0.3 is 0 Å². The van der Waals surface area contributed by atoms with E-state index in [2.05, 4.69) is 72.6 Å². The van der Waals surface area contributed by atoms with Gasteiger partial charge in [0.25, 0.3) is 0 Å². The summed E-state index contributed by atoms with van der Waals surface area (Å²) in [4.78, 5) is 0. The molecule has 3 aromatic rings. The van der Waals surface area contributed by atoms with E-state index in [1.807, 2.05) is 19.1 Å². The lowest BCUT2D eigenvalue weighted by Gasteiger charge is -2.24. The molecule has 0 aliphatic rings. The molecule has 3 rings (SSSR count). The molecule has 0 radical (unpaired) electrons. The summed E-state index contributed by atoms with van der Waals surface area (Å²) >= 11 is 0. The van der Waals surface area contributed by atoms with E-state index in [0.717, 1.165) is 23.7 Å². The van der Waals surface area contributed by atoms with Crippen LogP contribution >= 0.6 is 0 Å². The van der Waals surface area contributed by atoms with Crippen LogP contribution in [-0.2, 0) is 6.42 Å². The highest BCUT2D eigenvalue weighted by Crippen LogP contribution is 2.26. The van der Waals surface area contributed by atoms with Crippen LogP contribution in [0.5, 0.6) is 0 Å². The zero-order valence-electron chi connectivity index (χ0n) is 15.7. The van der Waals surface area contributed by atoms with Crippen LogP contribution in [0.4, 0.5) is 5.82 Å². The van der Waals surface area contributed by atoms with E-state index >= 15 is 0 Å². The van der Waals surface area contributed by atoms with Gasteiger partial charge in [-0.05, 0) is 48.4 Å². The van der Waals surface area contributed by atoms with E-state index in [1.165, 1.54) is 11.1 Å². The molecule has 0 aliphatic carbocycles. The fraction of sp³-hybridized carbons (Fsp3) is 0.450. The molecule has 0 amide bonds. The molecular formula is C20H27N5. The largest absolute Gasteiger partial charge is 0.362 e. The van der Waals surface area contributed by atoms with Crippen molar-refractivity contribution < 1.29 is 0 Å². The summed E-state index contributed by atoms with van der Waals surface area (Å²) in [5, 5.41) is 16.3. The Morgan fingerprint density at radius 3 is 2.32 bits per heavy atom. The molecule has 1 aromatic carbocycles. The standard InChI is InChI=1S/C20H27N5/c1-13(2)12-16-6-8-17(9-7-16)20(14(3)4)21-18-10-11-19-23-22-15(5)25(19)24-18/h6-11,13-14,20H,12H2,1-5H3,(H,21,24). The number of rotatable bonds is 6. The minimum absolute atomic E-state index is 0.204. The van der Waals surface area contributed by atoms with E-state index in [-0.39, 0.29) is 6.04 Å². The van der Waals surface area contributed by atoms with E-state index in [4.69, 9.17) is 0 Å². The van der Waals surface area contributed by atoms with Crippen molar-refractivity contribution in [2.75, 3.05) is 5.32 Å². The molecule has 5 nitrogen and oxygen atoms in total. The van der Waals surface area contributed by atoms with Gasteiger partial charge in [-0.15, -0.1) is 15.3 Å². The number of benzene rings is 1. The molecule has 1 N–H and O–H groups in total. The van der Waals surface area contributed by atoms with Gasteiger partial charge in [0.2, 0.25) is 0 Å². The molecule has 0 spiro atoms. The summed E-state index contributed by atoms with van der Waals surface area (Å²) < 4.78 is 1.77. The van der Waals surface area contributed by atoms with Crippen molar-refractivity contribution in [2.45, 2.75) is 47.1 Å². The topological polar surface area (TPSA) is 55.1 Å². The first-order chi connectivity index (χ1) is 11.9. The van der Waals surface area contributed by atoms with E-state index in [1.54, 1.807) is 4.52 Å². The zero-order chi connectivity index (χ0) is 18.0. The molecule has 2 heterocycles. The quantitative estimate of drug-likeness (QED) is 0.722. The second-order valence-corrected chi connectivity index (χ2v) is 7.44. The second-order valence-electron chi connectivity index (χ2n) is 7.44. The maximum absolute atomic E-state index is 4.62. The summed E-state index contributed by atoms with van der Waals surface area (Å²) in [7, 11) is 0. The van der Waals surface area contributed by atoms with Crippen molar-refractivity contribution in [1.82, 2.24) is 19.8 Å². The van der Waals surface area contributed by atoms with Gasteiger partial charge < -0.3 is 5.32 Å². The van der Waals surface area contributed by atoms with Crippen molar-refractivity contribution in [3.05, 3.63) is 53.3 Å². The number of hydrogen-bond acceptors (Lipinski definition) is 4. The fourth-order valence-corrected chi connectivity index (χ4v) is 3.10. The zero-order valence-corrected chi connectivity index (χ0v) is 15.7. The van der Waals surface area contributed by atoms with Crippen molar-refractivity contribution in [1.29, 1.82) is 0 Å². The minimum Gasteiger partial charge on any atom is -0.362 e. The third-order valence-electron chi connectivity index (χ3n) is 4.37. The number of aromatic nitrogens is 4. The number of fused-ring (bicyclic) bond motifs is 1. The highest BCUT2D eigenvalue weighted by atomic mass is 15.4. The van der Waals surface area contributed by atoms with Crippen molar-refractivity contribution in [2.24, 2.45) is 11.8 Å². The number of hydrogen-bond donors (Lipinski definition) is 1. The highest BCUT2D eigenvalue weighted by Gasteiger charge is 2.17. The summed E-state index contributed by atoms with van der Waals surface area (Å²) in [5.74, 6) is 2.74. The van der Waals surface area contributed by atoms with E-state index < -0.39 is 0 Å². The van der Waals surface area contributed by atoms with Gasteiger partial charge in [-0.3, -0.25) is 0 Å². The van der Waals surface area contributed by atoms with Crippen molar-refractivity contribution >= 4 is 11.5 Å². The van der Waals surface area contributed by atoms with E-state index in [9.17, 15) is 0 Å². The number of anilines is 1. The number of nitrogens with one attached hydrogen (secondary N) is 1. The van der Waals surface area contributed by atoms with Crippen LogP contribution in [0, 0.1) is 18.8 Å². The molecule has 1 unspecified atom stereocenters. The third-order valence-corrected chi connectivity index (χ3v) is 4.37. The smallest absolute Gasteiger partial charge is 0.178 e. The molecule has 0 saturated heterocycles. The molecule has 5 heteroatoms. The molecule has 0 aliphatic heterocycles. The third kappa shape index (κ3) is 3.98. The Labute approximate surface area is 149 Å². The molecule has 0 fully saturated rings. The SMILES string of the molecule is Cc1nnc2ccc(NC(c3ccc(CC(C)C)cc3)C(C)C)nn12. The van der Waals surface area contributed by atoms with Crippen LogP contribution in [0.25, 0.3) is 5.65 Å². The van der Waals surface area contributed by atoms with Crippen LogP contribution in [0.3, 0.4) is 0 Å². The Morgan fingerprint density at radius 2 is 1.68 bits per heavy atom. The van der Waals surface area contributed by atoms with Gasteiger partial charge in [-0.2, -0.15) is 4.52 Å². The first kappa shape index (κ1) is 17.4. The Morgan fingerprint density at radius 1 is 0.960 bits per heavy atom. The Balaban J connectivity index is 1.83. The second kappa shape index (κ2) is 7.21. The van der Waals surface area contributed by atoms with Crippen LogP contribution in [0.2, 0.25) is 0 Å². The monoisotopic (exact) mass is 337 g/mol. The predicted octanol–water partition coefficient (Wildman–Crippen LogP) is 4.44. The maximum atomic E-state index is 4.62. The number of nitrogens with zero attached hydrogens (tertiary/aromatic N) is 4. The minimum atomic E-state index is 0.204. The average Bonchev–Trinajstić information content (AvgIpc) is 2.94. The van der Waals surface area contributed by atoms with Crippen LogP contribution in [-0.4, -0.2) is 19.8 Å². The molecular weight excluding hydrogens is 310 g/mol. The van der Waals surface area contributed by atoms with Gasteiger partial charge in [-0.25, -0.2) is 0 Å². The van der Waals surface area contributed by atoms with Crippen LogP contribution in [0.15, 0.2) is 36.4 Å². The maximum Gasteiger partial charge on any atom is 0.178 e. The molecule has 0 bridgehead atoms. The van der Waals surface area contributed by atoms with E-state index in [0.29, 0.717) is 11.8 Å². The molecule has 132 valence electrons. The van der Waals surface area contributed by atoms with Gasteiger partial charge in [0.15, 0.2) is 11.5 Å². The molecule has 1 atom stereocenters. The average molecular weight is 337 g/mol.